The first-order valence-electron chi connectivity index (χ1n) is 5.30. The number of carbonyl (C=O) groups excluding carboxylic acids is 1. The minimum Gasteiger partial charge on any atom is -0.340 e. The molecule has 0 aliphatic rings. The van der Waals surface area contributed by atoms with Crippen LogP contribution in [0.15, 0.2) is 11.6 Å². The number of aromatic nitrogens is 4. The summed E-state index contributed by atoms with van der Waals surface area (Å²) in [5, 5.41) is 12.1. The maximum absolute atomic E-state index is 11.8. The Morgan fingerprint density at radius 1 is 1.65 bits per heavy atom. The predicted octanol–water partition coefficient (Wildman–Crippen LogP) is 1.45. The van der Waals surface area contributed by atoms with Crippen LogP contribution in [0.25, 0.3) is 0 Å². The molecule has 17 heavy (non-hydrogen) atoms. The van der Waals surface area contributed by atoms with E-state index in [0.717, 1.165) is 11.4 Å². The first-order valence-corrected chi connectivity index (χ1v) is 6.18. The number of aromatic amines is 1. The summed E-state index contributed by atoms with van der Waals surface area (Å²) in [5.41, 5.74) is 0. The van der Waals surface area contributed by atoms with Gasteiger partial charge in [0.25, 0.3) is 5.91 Å². The molecule has 2 heterocycles. The van der Waals surface area contributed by atoms with E-state index in [-0.39, 0.29) is 17.8 Å². The molecule has 0 aliphatic carbocycles. The Kier molecular flexibility index (Phi) is 3.48. The van der Waals surface area contributed by atoms with Crippen LogP contribution in [0.3, 0.4) is 0 Å². The van der Waals surface area contributed by atoms with Gasteiger partial charge in [-0.05, 0) is 13.3 Å². The Morgan fingerprint density at radius 2 is 2.47 bits per heavy atom. The van der Waals surface area contributed by atoms with Gasteiger partial charge in [0.1, 0.15) is 10.8 Å². The summed E-state index contributed by atoms with van der Waals surface area (Å²) >= 11 is 1.52. The van der Waals surface area contributed by atoms with Crippen molar-refractivity contribution < 1.29 is 4.79 Å². The van der Waals surface area contributed by atoms with Gasteiger partial charge in [0.05, 0.1) is 6.04 Å². The van der Waals surface area contributed by atoms with E-state index >= 15 is 0 Å². The molecule has 2 N–H and O–H groups in total. The maximum atomic E-state index is 11.8. The normalized spacial score (nSPS) is 12.4. The monoisotopic (exact) mass is 251 g/mol. The number of nitrogens with one attached hydrogen (secondary N) is 2. The summed E-state index contributed by atoms with van der Waals surface area (Å²) in [4.78, 5) is 20.0. The molecule has 1 atom stereocenters. The molecule has 2 rings (SSSR count). The second-order valence-electron chi connectivity index (χ2n) is 3.55. The third-order valence-corrected chi connectivity index (χ3v) is 3.15. The van der Waals surface area contributed by atoms with Crippen LogP contribution >= 0.6 is 11.3 Å². The summed E-state index contributed by atoms with van der Waals surface area (Å²) in [6.45, 7) is 3.75. The van der Waals surface area contributed by atoms with Gasteiger partial charge < -0.3 is 5.32 Å². The van der Waals surface area contributed by atoms with Crippen LogP contribution in [0.4, 0.5) is 0 Å². The Labute approximate surface area is 103 Å². The van der Waals surface area contributed by atoms with Gasteiger partial charge in [-0.1, -0.05) is 6.92 Å². The molecule has 1 amide bonds. The van der Waals surface area contributed by atoms with Gasteiger partial charge in [-0.3, -0.25) is 9.89 Å². The standard InChI is InChI=1S/C10H13N5OS/c1-3-7(10-11-4-5-17-10)13-9(16)8-12-6(2)14-15-8/h4-5,7H,3H2,1-2H3,(H,13,16)(H,12,14,15). The number of thiazole rings is 1. The second kappa shape index (κ2) is 5.05. The molecule has 7 heteroatoms. The molecule has 2 aromatic heterocycles. The van der Waals surface area contributed by atoms with Gasteiger partial charge in [-0.15, -0.1) is 16.4 Å². The van der Waals surface area contributed by atoms with E-state index in [9.17, 15) is 4.79 Å². The fourth-order valence-electron chi connectivity index (χ4n) is 1.41. The fourth-order valence-corrected chi connectivity index (χ4v) is 2.18. The van der Waals surface area contributed by atoms with Gasteiger partial charge in [0, 0.05) is 11.6 Å². The fraction of sp³-hybridized carbons (Fsp3) is 0.400. The molecule has 0 saturated carbocycles. The highest BCUT2D eigenvalue weighted by Crippen LogP contribution is 2.18. The molecule has 0 fully saturated rings. The number of rotatable bonds is 4. The SMILES string of the molecule is CCC(NC(=O)c1n[nH]c(C)n1)c1nccs1. The van der Waals surface area contributed by atoms with Crippen LogP contribution in [-0.2, 0) is 0 Å². The Bertz CT molecular complexity index is 493. The molecule has 0 radical (unpaired) electrons. The molecular weight excluding hydrogens is 238 g/mol. The molecule has 2 aromatic rings. The van der Waals surface area contributed by atoms with Crippen molar-refractivity contribution in [1.82, 2.24) is 25.5 Å². The summed E-state index contributed by atoms with van der Waals surface area (Å²) in [5.74, 6) is 0.506. The van der Waals surface area contributed by atoms with Crippen molar-refractivity contribution >= 4 is 17.2 Å². The minimum atomic E-state index is -0.281. The Hall–Kier alpha value is -1.76. The maximum Gasteiger partial charge on any atom is 0.291 e. The number of H-pyrrole nitrogens is 1. The molecule has 0 bridgehead atoms. The largest absolute Gasteiger partial charge is 0.340 e. The highest BCUT2D eigenvalue weighted by Gasteiger charge is 2.18. The second-order valence-corrected chi connectivity index (χ2v) is 4.48. The lowest BCUT2D eigenvalue weighted by molar-refractivity contribution is 0.0925. The number of amides is 1. The Morgan fingerprint density at radius 3 is 3.00 bits per heavy atom. The zero-order chi connectivity index (χ0) is 12.3. The molecule has 1 unspecified atom stereocenters. The predicted molar refractivity (Wildman–Crippen MR) is 63.7 cm³/mol. The van der Waals surface area contributed by atoms with Gasteiger partial charge in [-0.25, -0.2) is 9.97 Å². The first kappa shape index (κ1) is 11.7. The lowest BCUT2D eigenvalue weighted by Gasteiger charge is -2.12. The number of hydrogen-bond acceptors (Lipinski definition) is 5. The first-order chi connectivity index (χ1) is 8.20. The summed E-state index contributed by atoms with van der Waals surface area (Å²) in [6.07, 6.45) is 2.51. The topological polar surface area (TPSA) is 83.6 Å². The van der Waals surface area contributed by atoms with Gasteiger partial charge in [0.2, 0.25) is 5.82 Å². The van der Waals surface area contributed by atoms with Crippen LogP contribution in [-0.4, -0.2) is 26.1 Å². The van der Waals surface area contributed by atoms with E-state index in [4.69, 9.17) is 0 Å². The lowest BCUT2D eigenvalue weighted by Crippen LogP contribution is -2.29. The molecule has 0 spiro atoms. The van der Waals surface area contributed by atoms with E-state index in [1.807, 2.05) is 12.3 Å². The van der Waals surface area contributed by atoms with Crippen LogP contribution in [0, 0.1) is 6.92 Å². The zero-order valence-corrected chi connectivity index (χ0v) is 10.4. The van der Waals surface area contributed by atoms with Crippen LogP contribution in [0.5, 0.6) is 0 Å². The molecular formula is C10H13N5OS. The average molecular weight is 251 g/mol. The van der Waals surface area contributed by atoms with Gasteiger partial charge in [0.15, 0.2) is 0 Å². The van der Waals surface area contributed by atoms with Crippen molar-refractivity contribution in [2.45, 2.75) is 26.3 Å². The third kappa shape index (κ3) is 2.68. The van der Waals surface area contributed by atoms with Crippen molar-refractivity contribution in [2.75, 3.05) is 0 Å². The third-order valence-electron chi connectivity index (χ3n) is 2.26. The Balaban J connectivity index is 2.07. The van der Waals surface area contributed by atoms with Gasteiger partial charge in [-0.2, -0.15) is 0 Å². The van der Waals surface area contributed by atoms with E-state index in [1.165, 1.54) is 11.3 Å². The van der Waals surface area contributed by atoms with Crippen molar-refractivity contribution in [3.63, 3.8) is 0 Å². The lowest BCUT2D eigenvalue weighted by atomic mass is 10.2. The zero-order valence-electron chi connectivity index (χ0n) is 9.60. The molecule has 0 aromatic carbocycles. The minimum absolute atomic E-state index is 0.0821. The van der Waals surface area contributed by atoms with Crippen LogP contribution in [0.2, 0.25) is 0 Å². The van der Waals surface area contributed by atoms with E-state index in [1.54, 1.807) is 13.1 Å². The number of nitrogens with zero attached hydrogens (tertiary/aromatic N) is 3. The quantitative estimate of drug-likeness (QED) is 0.861. The smallest absolute Gasteiger partial charge is 0.291 e. The highest BCUT2D eigenvalue weighted by molar-refractivity contribution is 7.09. The van der Waals surface area contributed by atoms with E-state index in [0.29, 0.717) is 5.82 Å². The number of aryl methyl sites for hydroxylation is 1. The summed E-state index contributed by atoms with van der Waals surface area (Å²) in [6, 6.07) is -0.0821. The summed E-state index contributed by atoms with van der Waals surface area (Å²) < 4.78 is 0. The molecule has 90 valence electrons. The molecule has 0 aliphatic heterocycles. The van der Waals surface area contributed by atoms with Crippen molar-refractivity contribution in [1.29, 1.82) is 0 Å². The van der Waals surface area contributed by atoms with Crippen molar-refractivity contribution in [2.24, 2.45) is 0 Å². The van der Waals surface area contributed by atoms with Gasteiger partial charge >= 0.3 is 0 Å². The van der Waals surface area contributed by atoms with Crippen molar-refractivity contribution in [3.8, 4) is 0 Å². The number of carbonyl (C=O) groups is 1. The average Bonchev–Trinajstić information content (AvgIpc) is 2.96. The van der Waals surface area contributed by atoms with Crippen LogP contribution < -0.4 is 5.32 Å². The number of hydrogen-bond donors (Lipinski definition) is 2. The molecule has 6 nitrogen and oxygen atoms in total. The molecule has 0 saturated heterocycles. The van der Waals surface area contributed by atoms with Crippen LogP contribution in [0.1, 0.15) is 40.8 Å². The summed E-state index contributed by atoms with van der Waals surface area (Å²) in [7, 11) is 0. The van der Waals surface area contributed by atoms with E-state index in [2.05, 4.69) is 25.5 Å². The van der Waals surface area contributed by atoms with E-state index < -0.39 is 0 Å². The highest BCUT2D eigenvalue weighted by atomic mass is 32.1. The van der Waals surface area contributed by atoms with Crippen molar-refractivity contribution in [3.05, 3.63) is 28.2 Å².